The van der Waals surface area contributed by atoms with Crippen LogP contribution in [0.25, 0.3) is 11.4 Å². The summed E-state index contributed by atoms with van der Waals surface area (Å²) in [6, 6.07) is 8.87. The quantitative estimate of drug-likeness (QED) is 0.530. The van der Waals surface area contributed by atoms with Gasteiger partial charge in [-0.1, -0.05) is 17.9 Å². The van der Waals surface area contributed by atoms with E-state index in [4.69, 9.17) is 10.5 Å². The summed E-state index contributed by atoms with van der Waals surface area (Å²) in [7, 11) is 0. The number of nitrogens with two attached hydrogens (primary N) is 1. The Balaban J connectivity index is 1.76. The lowest BCUT2D eigenvalue weighted by Gasteiger charge is -2.10. The lowest BCUT2D eigenvalue weighted by Crippen LogP contribution is -2.29. The lowest BCUT2D eigenvalue weighted by molar-refractivity contribution is 0.0923. The molecule has 9 heteroatoms. The SMILES string of the molecule is CC(O)C#Cc1ccc2c(c1)-c1nc(C(N)=O)c(C(=O)NCc3cccnc3)n1CCO2. The summed E-state index contributed by atoms with van der Waals surface area (Å²) in [6.45, 7) is 2.38. The number of amides is 2. The fourth-order valence-electron chi connectivity index (χ4n) is 3.39. The fourth-order valence-corrected chi connectivity index (χ4v) is 3.39. The molecule has 1 unspecified atom stereocenters. The van der Waals surface area contributed by atoms with Crippen LogP contribution >= 0.6 is 0 Å². The fraction of sp³-hybridized carbons (Fsp3) is 0.217. The van der Waals surface area contributed by atoms with Gasteiger partial charge in [-0.05, 0) is 36.8 Å². The van der Waals surface area contributed by atoms with Crippen LogP contribution in [0.4, 0.5) is 0 Å². The van der Waals surface area contributed by atoms with E-state index in [-0.39, 0.29) is 24.5 Å². The molecule has 9 nitrogen and oxygen atoms in total. The molecule has 0 bridgehead atoms. The van der Waals surface area contributed by atoms with Crippen molar-refractivity contribution < 1.29 is 19.4 Å². The minimum atomic E-state index is -0.801. The van der Waals surface area contributed by atoms with Crippen molar-refractivity contribution in [2.24, 2.45) is 5.73 Å². The number of pyridine rings is 1. The van der Waals surface area contributed by atoms with Crippen LogP contribution in [0.1, 0.15) is 39.0 Å². The number of imidazole rings is 1. The van der Waals surface area contributed by atoms with E-state index in [1.54, 1.807) is 48.1 Å². The van der Waals surface area contributed by atoms with Crippen LogP contribution < -0.4 is 15.8 Å². The largest absolute Gasteiger partial charge is 0.491 e. The third-order valence-electron chi connectivity index (χ3n) is 4.81. The molecule has 4 rings (SSSR count). The summed E-state index contributed by atoms with van der Waals surface area (Å²) >= 11 is 0. The molecule has 162 valence electrons. The number of nitrogens with one attached hydrogen (secondary N) is 1. The third-order valence-corrected chi connectivity index (χ3v) is 4.81. The number of carbonyl (C=O) groups is 2. The maximum atomic E-state index is 13.1. The third kappa shape index (κ3) is 4.31. The molecule has 1 atom stereocenters. The molecule has 2 amide bonds. The molecule has 1 aromatic carbocycles. The van der Waals surface area contributed by atoms with Gasteiger partial charge in [0.1, 0.15) is 30.0 Å². The van der Waals surface area contributed by atoms with Crippen LogP contribution in [0.5, 0.6) is 5.75 Å². The molecule has 4 N–H and O–H groups in total. The highest BCUT2D eigenvalue weighted by Crippen LogP contribution is 2.34. The van der Waals surface area contributed by atoms with E-state index in [0.717, 1.165) is 5.56 Å². The zero-order chi connectivity index (χ0) is 22.7. The predicted molar refractivity (Wildman–Crippen MR) is 116 cm³/mol. The van der Waals surface area contributed by atoms with Crippen molar-refractivity contribution in [1.29, 1.82) is 0 Å². The first-order valence-electron chi connectivity index (χ1n) is 9.98. The van der Waals surface area contributed by atoms with Gasteiger partial charge in [-0.3, -0.25) is 14.6 Å². The highest BCUT2D eigenvalue weighted by molar-refractivity contribution is 6.05. The van der Waals surface area contributed by atoms with Gasteiger partial charge in [-0.15, -0.1) is 0 Å². The van der Waals surface area contributed by atoms with Crippen LogP contribution in [0.3, 0.4) is 0 Å². The maximum Gasteiger partial charge on any atom is 0.270 e. The number of benzene rings is 1. The monoisotopic (exact) mass is 431 g/mol. The average Bonchev–Trinajstić information content (AvgIpc) is 3.08. The molecule has 0 saturated heterocycles. The van der Waals surface area contributed by atoms with E-state index < -0.39 is 17.9 Å². The van der Waals surface area contributed by atoms with E-state index in [0.29, 0.717) is 29.2 Å². The van der Waals surface area contributed by atoms with E-state index in [1.165, 1.54) is 0 Å². The first kappa shape index (κ1) is 21.1. The summed E-state index contributed by atoms with van der Waals surface area (Å²) in [5, 5.41) is 12.2. The normalized spacial score (nSPS) is 12.8. The summed E-state index contributed by atoms with van der Waals surface area (Å²) in [5.74, 6) is 5.23. The number of aliphatic hydroxyl groups is 1. The topological polar surface area (TPSA) is 132 Å². The standard InChI is InChI=1S/C23H21N5O4/c1-14(29)4-5-15-6-7-18-17(11-15)22-27-19(21(24)30)20(28(22)9-10-32-18)23(31)26-13-16-3-2-8-25-12-16/h2-3,6-8,11-12,14,29H,9-10,13H2,1H3,(H2,24,30)(H,26,31). The molecule has 0 aliphatic carbocycles. The smallest absolute Gasteiger partial charge is 0.270 e. The molecule has 0 saturated carbocycles. The van der Waals surface area contributed by atoms with Gasteiger partial charge in [0.05, 0.1) is 12.1 Å². The Kier molecular flexibility index (Phi) is 5.87. The molecular weight excluding hydrogens is 410 g/mol. The van der Waals surface area contributed by atoms with Crippen molar-refractivity contribution in [3.8, 4) is 29.0 Å². The Bertz CT molecular complexity index is 1240. The second-order valence-electron chi connectivity index (χ2n) is 7.20. The van der Waals surface area contributed by atoms with Gasteiger partial charge < -0.3 is 25.5 Å². The van der Waals surface area contributed by atoms with Gasteiger partial charge in [0.2, 0.25) is 0 Å². The van der Waals surface area contributed by atoms with E-state index in [1.807, 2.05) is 6.07 Å². The summed E-state index contributed by atoms with van der Waals surface area (Å²) < 4.78 is 7.45. The number of ether oxygens (including phenoxy) is 1. The second-order valence-corrected chi connectivity index (χ2v) is 7.20. The number of carbonyl (C=O) groups excluding carboxylic acids is 2. The highest BCUT2D eigenvalue weighted by Gasteiger charge is 2.29. The second kappa shape index (κ2) is 8.91. The number of aromatic nitrogens is 3. The Morgan fingerprint density at radius 1 is 1.38 bits per heavy atom. The average molecular weight is 431 g/mol. The van der Waals surface area contributed by atoms with Crippen LogP contribution in [-0.4, -0.2) is 44.2 Å². The molecule has 3 aromatic rings. The highest BCUT2D eigenvalue weighted by atomic mass is 16.5. The van der Waals surface area contributed by atoms with Crippen LogP contribution in [0.15, 0.2) is 42.7 Å². The van der Waals surface area contributed by atoms with Gasteiger partial charge in [0.25, 0.3) is 11.8 Å². The lowest BCUT2D eigenvalue weighted by atomic mass is 10.1. The molecule has 0 radical (unpaired) electrons. The minimum Gasteiger partial charge on any atom is -0.491 e. The number of fused-ring (bicyclic) bond motifs is 3. The van der Waals surface area contributed by atoms with Crippen molar-refractivity contribution in [3.05, 3.63) is 65.2 Å². The number of nitrogens with zero attached hydrogens (tertiary/aromatic N) is 3. The Morgan fingerprint density at radius 3 is 2.94 bits per heavy atom. The van der Waals surface area contributed by atoms with E-state index in [2.05, 4.69) is 27.1 Å². The van der Waals surface area contributed by atoms with Gasteiger partial charge in [0.15, 0.2) is 5.69 Å². The van der Waals surface area contributed by atoms with Crippen molar-refractivity contribution in [2.75, 3.05) is 6.61 Å². The molecule has 0 spiro atoms. The maximum absolute atomic E-state index is 13.1. The molecule has 2 aromatic heterocycles. The number of hydrogen-bond donors (Lipinski definition) is 3. The summed E-state index contributed by atoms with van der Waals surface area (Å²) in [6.07, 6.45) is 2.51. The van der Waals surface area contributed by atoms with E-state index >= 15 is 0 Å². The first-order valence-corrected chi connectivity index (χ1v) is 9.98. The van der Waals surface area contributed by atoms with Crippen molar-refractivity contribution in [1.82, 2.24) is 19.9 Å². The van der Waals surface area contributed by atoms with E-state index in [9.17, 15) is 14.7 Å². The molecule has 1 aliphatic heterocycles. The summed E-state index contributed by atoms with van der Waals surface area (Å²) in [5.41, 5.74) is 7.54. The molecular formula is C23H21N5O4. The van der Waals surface area contributed by atoms with Crippen LogP contribution in [0.2, 0.25) is 0 Å². The van der Waals surface area contributed by atoms with Crippen LogP contribution in [0, 0.1) is 11.8 Å². The predicted octanol–water partition coefficient (Wildman–Crippen LogP) is 1.10. The van der Waals surface area contributed by atoms with Crippen molar-refractivity contribution >= 4 is 11.8 Å². The molecule has 0 fully saturated rings. The summed E-state index contributed by atoms with van der Waals surface area (Å²) in [4.78, 5) is 33.6. The van der Waals surface area contributed by atoms with Gasteiger partial charge in [0, 0.05) is 24.5 Å². The zero-order valence-electron chi connectivity index (χ0n) is 17.3. The Morgan fingerprint density at radius 2 is 2.22 bits per heavy atom. The minimum absolute atomic E-state index is 0.0771. The van der Waals surface area contributed by atoms with Gasteiger partial charge in [-0.2, -0.15) is 0 Å². The van der Waals surface area contributed by atoms with Gasteiger partial charge in [-0.25, -0.2) is 4.98 Å². The zero-order valence-corrected chi connectivity index (χ0v) is 17.3. The van der Waals surface area contributed by atoms with Crippen molar-refractivity contribution in [2.45, 2.75) is 26.1 Å². The Labute approximate surface area is 184 Å². The first-order chi connectivity index (χ1) is 15.4. The van der Waals surface area contributed by atoms with Crippen LogP contribution in [-0.2, 0) is 13.1 Å². The number of hydrogen-bond acceptors (Lipinski definition) is 6. The van der Waals surface area contributed by atoms with Gasteiger partial charge >= 0.3 is 0 Å². The molecule has 1 aliphatic rings. The number of rotatable bonds is 4. The molecule has 3 heterocycles. The number of aliphatic hydroxyl groups excluding tert-OH is 1. The van der Waals surface area contributed by atoms with Crippen molar-refractivity contribution in [3.63, 3.8) is 0 Å². The Hall–Kier alpha value is -4.16. The molecule has 32 heavy (non-hydrogen) atoms. The number of primary amides is 1.